The molecule has 4 heteroatoms. The van der Waals surface area contributed by atoms with E-state index >= 15 is 0 Å². The van der Waals surface area contributed by atoms with Crippen LogP contribution >= 0.6 is 0 Å². The number of aliphatic hydroxyl groups excluding tert-OH is 1. The molecule has 0 saturated heterocycles. The predicted octanol–water partition coefficient (Wildman–Crippen LogP) is -0.140. The quantitative estimate of drug-likeness (QED) is 0.578. The lowest BCUT2D eigenvalue weighted by Gasteiger charge is -2.23. The van der Waals surface area contributed by atoms with Gasteiger partial charge in [-0.05, 0) is 12.8 Å². The third-order valence-electron chi connectivity index (χ3n) is 2.88. The summed E-state index contributed by atoms with van der Waals surface area (Å²) in [6.45, 7) is 4.83. The first kappa shape index (κ1) is 11.5. The molecular formula is C10H20N2O2. The zero-order valence-corrected chi connectivity index (χ0v) is 8.97. The molecule has 1 rings (SSSR count). The van der Waals surface area contributed by atoms with E-state index in [1.807, 2.05) is 13.8 Å². The van der Waals surface area contributed by atoms with Crippen molar-refractivity contribution in [3.63, 3.8) is 0 Å². The second-order valence-corrected chi connectivity index (χ2v) is 4.99. The first-order valence-corrected chi connectivity index (χ1v) is 5.05. The van der Waals surface area contributed by atoms with Gasteiger partial charge in [0, 0.05) is 25.1 Å². The molecule has 0 aromatic carbocycles. The van der Waals surface area contributed by atoms with Crippen molar-refractivity contribution in [2.24, 2.45) is 16.6 Å². The van der Waals surface area contributed by atoms with E-state index in [9.17, 15) is 4.79 Å². The average molecular weight is 200 g/mol. The molecule has 0 atom stereocenters. The Balaban J connectivity index is 2.35. The average Bonchev–Trinajstić information content (AvgIpc) is 2.95. The molecule has 0 unspecified atom stereocenters. The lowest BCUT2D eigenvalue weighted by atomic mass is 9.94. The highest BCUT2D eigenvalue weighted by Crippen LogP contribution is 2.44. The smallest absolute Gasteiger partial charge is 0.227 e. The van der Waals surface area contributed by atoms with Gasteiger partial charge in [0.2, 0.25) is 5.91 Å². The van der Waals surface area contributed by atoms with Crippen LogP contribution in [0.25, 0.3) is 0 Å². The van der Waals surface area contributed by atoms with E-state index in [2.05, 4.69) is 5.32 Å². The van der Waals surface area contributed by atoms with E-state index in [4.69, 9.17) is 10.8 Å². The molecule has 14 heavy (non-hydrogen) atoms. The monoisotopic (exact) mass is 200 g/mol. The summed E-state index contributed by atoms with van der Waals surface area (Å²) in [6, 6.07) is 0. The number of rotatable bonds is 5. The molecule has 82 valence electrons. The van der Waals surface area contributed by atoms with Gasteiger partial charge in [0.25, 0.3) is 0 Å². The van der Waals surface area contributed by atoms with Gasteiger partial charge in [-0.25, -0.2) is 0 Å². The van der Waals surface area contributed by atoms with Gasteiger partial charge in [0.1, 0.15) is 0 Å². The van der Waals surface area contributed by atoms with E-state index in [0.29, 0.717) is 13.1 Å². The van der Waals surface area contributed by atoms with Gasteiger partial charge in [0.15, 0.2) is 0 Å². The maximum absolute atomic E-state index is 11.6. The van der Waals surface area contributed by atoms with Gasteiger partial charge in [-0.2, -0.15) is 0 Å². The lowest BCUT2D eigenvalue weighted by molar-refractivity contribution is -0.126. The van der Waals surface area contributed by atoms with Crippen molar-refractivity contribution in [1.82, 2.24) is 5.32 Å². The van der Waals surface area contributed by atoms with Crippen LogP contribution in [0, 0.1) is 10.8 Å². The van der Waals surface area contributed by atoms with Crippen LogP contribution in [0.4, 0.5) is 0 Å². The van der Waals surface area contributed by atoms with Crippen molar-refractivity contribution in [3.05, 3.63) is 0 Å². The van der Waals surface area contributed by atoms with Gasteiger partial charge in [-0.1, -0.05) is 13.8 Å². The molecule has 0 spiro atoms. The number of aliphatic hydroxyl groups is 1. The number of hydrogen-bond acceptors (Lipinski definition) is 3. The third-order valence-corrected chi connectivity index (χ3v) is 2.88. The molecule has 1 saturated carbocycles. The van der Waals surface area contributed by atoms with Gasteiger partial charge in [-0.3, -0.25) is 4.79 Å². The Labute approximate surface area is 84.9 Å². The molecule has 1 aliphatic carbocycles. The normalized spacial score (nSPS) is 19.1. The molecule has 0 heterocycles. The van der Waals surface area contributed by atoms with Crippen LogP contribution in [-0.4, -0.2) is 30.7 Å². The number of hydrogen-bond donors (Lipinski definition) is 3. The van der Waals surface area contributed by atoms with E-state index in [1.54, 1.807) is 0 Å². The summed E-state index contributed by atoms with van der Waals surface area (Å²) in [5.74, 6) is 0.0431. The van der Waals surface area contributed by atoms with Crippen molar-refractivity contribution >= 4 is 5.91 Å². The number of nitrogens with two attached hydrogens (primary N) is 1. The molecule has 0 radical (unpaired) electrons. The zero-order valence-electron chi connectivity index (χ0n) is 8.97. The van der Waals surface area contributed by atoms with Crippen LogP contribution in [0.1, 0.15) is 26.7 Å². The topological polar surface area (TPSA) is 75.3 Å². The predicted molar refractivity (Wildman–Crippen MR) is 54.6 cm³/mol. The Morgan fingerprint density at radius 3 is 2.50 bits per heavy atom. The molecule has 1 aliphatic rings. The minimum atomic E-state index is -0.286. The fraction of sp³-hybridized carbons (Fsp3) is 0.900. The second kappa shape index (κ2) is 3.87. The van der Waals surface area contributed by atoms with E-state index in [1.165, 1.54) is 0 Å². The highest BCUT2D eigenvalue weighted by Gasteiger charge is 2.48. The maximum atomic E-state index is 11.6. The summed E-state index contributed by atoms with van der Waals surface area (Å²) in [5.41, 5.74) is 5.00. The zero-order chi connectivity index (χ0) is 10.8. The van der Waals surface area contributed by atoms with Crippen LogP contribution in [0.3, 0.4) is 0 Å². The van der Waals surface area contributed by atoms with Crippen LogP contribution in [-0.2, 0) is 4.79 Å². The summed E-state index contributed by atoms with van der Waals surface area (Å²) in [4.78, 5) is 11.6. The van der Waals surface area contributed by atoms with Crippen molar-refractivity contribution in [2.45, 2.75) is 26.7 Å². The third kappa shape index (κ3) is 2.45. The molecule has 0 aliphatic heterocycles. The SMILES string of the molecule is CC(C)(CO)CNC(=O)C1(CN)CC1. The summed E-state index contributed by atoms with van der Waals surface area (Å²) in [5, 5.41) is 11.9. The fourth-order valence-corrected chi connectivity index (χ4v) is 1.24. The minimum Gasteiger partial charge on any atom is -0.396 e. The van der Waals surface area contributed by atoms with Gasteiger partial charge < -0.3 is 16.2 Å². The Bertz CT molecular complexity index is 222. The first-order chi connectivity index (χ1) is 6.46. The summed E-state index contributed by atoms with van der Waals surface area (Å²) < 4.78 is 0. The lowest BCUT2D eigenvalue weighted by Crippen LogP contribution is -2.42. The maximum Gasteiger partial charge on any atom is 0.227 e. The largest absolute Gasteiger partial charge is 0.396 e. The molecular weight excluding hydrogens is 180 g/mol. The number of amides is 1. The second-order valence-electron chi connectivity index (χ2n) is 4.99. The first-order valence-electron chi connectivity index (χ1n) is 5.05. The van der Waals surface area contributed by atoms with Gasteiger partial charge in [-0.15, -0.1) is 0 Å². The number of carbonyl (C=O) groups is 1. The molecule has 0 aromatic rings. The highest BCUT2D eigenvalue weighted by molar-refractivity contribution is 5.85. The van der Waals surface area contributed by atoms with Crippen molar-refractivity contribution in [3.8, 4) is 0 Å². The molecule has 4 nitrogen and oxygen atoms in total. The summed E-state index contributed by atoms with van der Waals surface area (Å²) in [7, 11) is 0. The van der Waals surface area contributed by atoms with Crippen LogP contribution in [0.15, 0.2) is 0 Å². The number of nitrogens with one attached hydrogen (secondary N) is 1. The van der Waals surface area contributed by atoms with Gasteiger partial charge >= 0.3 is 0 Å². The highest BCUT2D eigenvalue weighted by atomic mass is 16.3. The molecule has 4 N–H and O–H groups in total. The van der Waals surface area contributed by atoms with Crippen LogP contribution in [0.2, 0.25) is 0 Å². The molecule has 0 aromatic heterocycles. The molecule has 0 bridgehead atoms. The van der Waals surface area contributed by atoms with Crippen LogP contribution in [0.5, 0.6) is 0 Å². The standard InChI is InChI=1S/C10H20N2O2/c1-9(2,7-13)6-12-8(14)10(5-11)3-4-10/h13H,3-7,11H2,1-2H3,(H,12,14). The van der Waals surface area contributed by atoms with Crippen LogP contribution < -0.4 is 11.1 Å². The van der Waals surface area contributed by atoms with E-state index < -0.39 is 0 Å². The van der Waals surface area contributed by atoms with Gasteiger partial charge in [0.05, 0.1) is 5.41 Å². The number of carbonyl (C=O) groups excluding carboxylic acids is 1. The van der Waals surface area contributed by atoms with Crippen molar-refractivity contribution in [1.29, 1.82) is 0 Å². The fourth-order valence-electron chi connectivity index (χ4n) is 1.24. The molecule has 1 amide bonds. The minimum absolute atomic E-state index is 0.0431. The summed E-state index contributed by atoms with van der Waals surface area (Å²) in [6.07, 6.45) is 1.80. The Morgan fingerprint density at radius 2 is 2.14 bits per heavy atom. The van der Waals surface area contributed by atoms with Crippen molar-refractivity contribution in [2.75, 3.05) is 19.7 Å². The Morgan fingerprint density at radius 1 is 1.57 bits per heavy atom. The van der Waals surface area contributed by atoms with E-state index in [0.717, 1.165) is 12.8 Å². The van der Waals surface area contributed by atoms with E-state index in [-0.39, 0.29) is 23.3 Å². The summed E-state index contributed by atoms with van der Waals surface area (Å²) >= 11 is 0. The Hall–Kier alpha value is -0.610. The molecule has 1 fully saturated rings. The Kier molecular flexibility index (Phi) is 3.17. The van der Waals surface area contributed by atoms with Crippen molar-refractivity contribution < 1.29 is 9.90 Å².